The zero-order chi connectivity index (χ0) is 15.0. The Morgan fingerprint density at radius 1 is 1.45 bits per heavy atom. The maximum Gasteiger partial charge on any atom is 0.416 e. The highest BCUT2D eigenvalue weighted by Gasteiger charge is 2.38. The third kappa shape index (κ3) is 2.94. The molecular weight excluding hydrogens is 273 g/mol. The van der Waals surface area contributed by atoms with E-state index in [0.29, 0.717) is 18.6 Å². The number of hydrogen-bond acceptors (Lipinski definition) is 3. The molecule has 1 aliphatic heterocycles. The summed E-state index contributed by atoms with van der Waals surface area (Å²) in [6.45, 7) is 2.05. The molecule has 1 aromatic rings. The Labute approximate surface area is 114 Å². The predicted octanol–water partition coefficient (Wildman–Crippen LogP) is 2.07. The quantitative estimate of drug-likeness (QED) is 0.875. The topological polar surface area (TPSA) is 64.4 Å². The van der Waals surface area contributed by atoms with Gasteiger partial charge < -0.3 is 15.8 Å². The number of halogens is 3. The van der Waals surface area contributed by atoms with E-state index in [1.807, 2.05) is 0 Å². The van der Waals surface area contributed by atoms with E-state index in [1.165, 1.54) is 6.07 Å². The van der Waals surface area contributed by atoms with E-state index in [1.54, 1.807) is 6.92 Å². The van der Waals surface area contributed by atoms with Gasteiger partial charge in [0.05, 0.1) is 12.2 Å². The molecule has 7 heteroatoms. The number of ether oxygens (including phenoxy) is 1. The van der Waals surface area contributed by atoms with Crippen molar-refractivity contribution in [3.05, 3.63) is 29.3 Å². The van der Waals surface area contributed by atoms with Crippen LogP contribution in [0.3, 0.4) is 0 Å². The number of hydrogen-bond donors (Lipinski definition) is 2. The SMILES string of the molecule is Cc1ccc(C(F)(F)F)cc1NC(=O)C1(N)CCOC1. The van der Waals surface area contributed by atoms with Gasteiger partial charge in [-0.25, -0.2) is 0 Å². The van der Waals surface area contributed by atoms with E-state index in [0.717, 1.165) is 12.1 Å². The van der Waals surface area contributed by atoms with Crippen molar-refractivity contribution in [3.63, 3.8) is 0 Å². The van der Waals surface area contributed by atoms with Crippen molar-refractivity contribution in [2.24, 2.45) is 5.73 Å². The minimum absolute atomic E-state index is 0.0663. The molecule has 1 amide bonds. The molecule has 110 valence electrons. The van der Waals surface area contributed by atoms with Crippen molar-refractivity contribution in [1.29, 1.82) is 0 Å². The van der Waals surface area contributed by atoms with Crippen LogP contribution in [0.25, 0.3) is 0 Å². The van der Waals surface area contributed by atoms with E-state index in [4.69, 9.17) is 10.5 Å². The molecule has 0 radical (unpaired) electrons. The first-order chi connectivity index (χ1) is 9.22. The molecule has 0 bridgehead atoms. The third-order valence-electron chi connectivity index (χ3n) is 3.32. The van der Waals surface area contributed by atoms with Gasteiger partial charge in [0.15, 0.2) is 0 Å². The Bertz CT molecular complexity index is 523. The summed E-state index contributed by atoms with van der Waals surface area (Å²) >= 11 is 0. The molecule has 1 heterocycles. The zero-order valence-corrected chi connectivity index (χ0v) is 10.9. The summed E-state index contributed by atoms with van der Waals surface area (Å²) in [4.78, 5) is 12.1. The number of amides is 1. The largest absolute Gasteiger partial charge is 0.416 e. The molecule has 1 atom stereocenters. The Morgan fingerprint density at radius 3 is 2.70 bits per heavy atom. The molecule has 1 saturated heterocycles. The molecule has 0 spiro atoms. The third-order valence-corrected chi connectivity index (χ3v) is 3.32. The Balaban J connectivity index is 2.22. The lowest BCUT2D eigenvalue weighted by molar-refractivity contribution is -0.137. The highest BCUT2D eigenvalue weighted by Crippen LogP contribution is 2.32. The first kappa shape index (κ1) is 14.8. The number of nitrogens with two attached hydrogens (primary N) is 1. The van der Waals surface area contributed by atoms with Gasteiger partial charge in [0, 0.05) is 12.3 Å². The Morgan fingerprint density at radius 2 is 2.15 bits per heavy atom. The van der Waals surface area contributed by atoms with E-state index in [2.05, 4.69) is 5.32 Å². The molecule has 1 fully saturated rings. The van der Waals surface area contributed by atoms with Gasteiger partial charge in [-0.2, -0.15) is 13.2 Å². The second-order valence-electron chi connectivity index (χ2n) is 4.94. The number of anilines is 1. The van der Waals surface area contributed by atoms with E-state index in [-0.39, 0.29) is 12.3 Å². The number of nitrogens with one attached hydrogen (secondary N) is 1. The van der Waals surface area contributed by atoms with Crippen LogP contribution in [0.4, 0.5) is 18.9 Å². The predicted molar refractivity (Wildman–Crippen MR) is 67.2 cm³/mol. The fourth-order valence-corrected chi connectivity index (χ4v) is 1.94. The summed E-state index contributed by atoms with van der Waals surface area (Å²) in [6.07, 6.45) is -4.11. The fourth-order valence-electron chi connectivity index (χ4n) is 1.94. The second-order valence-corrected chi connectivity index (χ2v) is 4.94. The van der Waals surface area contributed by atoms with E-state index in [9.17, 15) is 18.0 Å². The zero-order valence-electron chi connectivity index (χ0n) is 10.9. The summed E-state index contributed by atoms with van der Waals surface area (Å²) in [5.74, 6) is -0.530. The minimum atomic E-state index is -4.45. The Hall–Kier alpha value is -1.60. The first-order valence-corrected chi connectivity index (χ1v) is 6.08. The molecule has 3 N–H and O–H groups in total. The van der Waals surface area contributed by atoms with Crippen molar-refractivity contribution in [1.82, 2.24) is 0 Å². The lowest BCUT2D eigenvalue weighted by atomic mass is 9.98. The molecule has 0 aromatic heterocycles. The highest BCUT2D eigenvalue weighted by molar-refractivity contribution is 5.98. The molecule has 2 rings (SSSR count). The van der Waals surface area contributed by atoms with Crippen LogP contribution in [-0.4, -0.2) is 24.7 Å². The second kappa shape index (κ2) is 5.06. The number of carbonyl (C=O) groups excluding carboxylic acids is 1. The molecular formula is C13H15F3N2O2. The van der Waals surface area contributed by atoms with Crippen LogP contribution in [0.2, 0.25) is 0 Å². The molecule has 1 aromatic carbocycles. The van der Waals surface area contributed by atoms with Crippen LogP contribution in [0.1, 0.15) is 17.5 Å². The van der Waals surface area contributed by atoms with Crippen molar-refractivity contribution >= 4 is 11.6 Å². The molecule has 0 aliphatic carbocycles. The summed E-state index contributed by atoms with van der Waals surface area (Å²) < 4.78 is 43.0. The van der Waals surface area contributed by atoms with Crippen molar-refractivity contribution in [2.45, 2.75) is 25.1 Å². The van der Waals surface area contributed by atoms with Crippen LogP contribution < -0.4 is 11.1 Å². The summed E-state index contributed by atoms with van der Waals surface area (Å²) in [5.41, 5.74) is 4.52. The van der Waals surface area contributed by atoms with Crippen molar-refractivity contribution in [2.75, 3.05) is 18.5 Å². The van der Waals surface area contributed by atoms with Gasteiger partial charge in [-0.15, -0.1) is 0 Å². The summed E-state index contributed by atoms with van der Waals surface area (Å²) in [7, 11) is 0. The molecule has 4 nitrogen and oxygen atoms in total. The van der Waals surface area contributed by atoms with Gasteiger partial charge in [0.1, 0.15) is 5.54 Å². The van der Waals surface area contributed by atoms with Gasteiger partial charge >= 0.3 is 6.18 Å². The minimum Gasteiger partial charge on any atom is -0.379 e. The first-order valence-electron chi connectivity index (χ1n) is 6.08. The average molecular weight is 288 g/mol. The van der Waals surface area contributed by atoms with Crippen LogP contribution in [0, 0.1) is 6.92 Å². The van der Waals surface area contributed by atoms with Crippen LogP contribution in [0.5, 0.6) is 0 Å². The number of benzene rings is 1. The normalized spacial score (nSPS) is 22.9. The van der Waals surface area contributed by atoms with Gasteiger partial charge in [0.25, 0.3) is 0 Å². The van der Waals surface area contributed by atoms with Gasteiger partial charge in [0.2, 0.25) is 5.91 Å². The lowest BCUT2D eigenvalue weighted by Gasteiger charge is -2.21. The van der Waals surface area contributed by atoms with Crippen molar-refractivity contribution < 1.29 is 22.7 Å². The fraction of sp³-hybridized carbons (Fsp3) is 0.462. The van der Waals surface area contributed by atoms with Crippen molar-refractivity contribution in [3.8, 4) is 0 Å². The number of carbonyl (C=O) groups is 1. The smallest absolute Gasteiger partial charge is 0.379 e. The maximum atomic E-state index is 12.7. The van der Waals surface area contributed by atoms with Gasteiger partial charge in [-0.05, 0) is 31.0 Å². The molecule has 1 aliphatic rings. The molecule has 1 unspecified atom stereocenters. The van der Waals surface area contributed by atoms with Gasteiger partial charge in [-0.3, -0.25) is 4.79 Å². The average Bonchev–Trinajstić information content (AvgIpc) is 2.79. The van der Waals surface area contributed by atoms with Crippen LogP contribution >= 0.6 is 0 Å². The Kier molecular flexibility index (Phi) is 3.75. The van der Waals surface area contributed by atoms with Crippen LogP contribution in [-0.2, 0) is 15.7 Å². The summed E-state index contributed by atoms with van der Waals surface area (Å²) in [6, 6.07) is 3.20. The van der Waals surface area contributed by atoms with Gasteiger partial charge in [-0.1, -0.05) is 6.07 Å². The lowest BCUT2D eigenvalue weighted by Crippen LogP contribution is -2.51. The summed E-state index contributed by atoms with van der Waals surface area (Å²) in [5, 5.41) is 2.46. The van der Waals surface area contributed by atoms with Crippen LogP contribution in [0.15, 0.2) is 18.2 Å². The number of rotatable bonds is 2. The van der Waals surface area contributed by atoms with E-state index < -0.39 is 23.2 Å². The maximum absolute atomic E-state index is 12.7. The molecule has 20 heavy (non-hydrogen) atoms. The van der Waals surface area contributed by atoms with E-state index >= 15 is 0 Å². The highest BCUT2D eigenvalue weighted by atomic mass is 19.4. The monoisotopic (exact) mass is 288 g/mol. The molecule has 0 saturated carbocycles. The number of alkyl halides is 3. The standard InChI is InChI=1S/C13H15F3N2O2/c1-8-2-3-9(13(14,15)16)6-10(8)18-11(19)12(17)4-5-20-7-12/h2-3,6H,4-5,7,17H2,1H3,(H,18,19). The number of aryl methyl sites for hydroxylation is 1.